The van der Waals surface area contributed by atoms with Crippen molar-refractivity contribution in [2.24, 2.45) is 5.92 Å². The Morgan fingerprint density at radius 2 is 1.67 bits per heavy atom. The average molecular weight is 387 g/mol. The number of nitrogens with zero attached hydrogens (tertiary/aromatic N) is 2. The van der Waals surface area contributed by atoms with Crippen LogP contribution < -0.4 is 0 Å². The molecule has 2 heterocycles. The van der Waals surface area contributed by atoms with Crippen LogP contribution in [-0.2, 0) is 9.59 Å². The summed E-state index contributed by atoms with van der Waals surface area (Å²) in [5.41, 5.74) is 1.39. The van der Waals surface area contributed by atoms with Crippen molar-refractivity contribution in [2.75, 3.05) is 24.7 Å². The van der Waals surface area contributed by atoms with E-state index < -0.39 is 0 Å². The Hall–Kier alpha value is -1.49. The summed E-state index contributed by atoms with van der Waals surface area (Å²) in [7, 11) is 0. The molecule has 3 aliphatic rings. The second kappa shape index (κ2) is 8.68. The van der Waals surface area contributed by atoms with Crippen molar-refractivity contribution in [1.29, 1.82) is 0 Å². The fourth-order valence-electron chi connectivity index (χ4n) is 4.86. The van der Waals surface area contributed by atoms with E-state index >= 15 is 0 Å². The molecule has 4 rings (SSSR count). The SMILES string of the molecule is O=C(C1CSCN1C(=O)C1CCCC1)N1CCCC(c2ccccc2)CC1. The molecule has 3 fully saturated rings. The monoisotopic (exact) mass is 386 g/mol. The highest BCUT2D eigenvalue weighted by molar-refractivity contribution is 7.99. The van der Waals surface area contributed by atoms with E-state index in [0.717, 1.165) is 63.8 Å². The molecule has 2 unspecified atom stereocenters. The number of thioether (sulfide) groups is 1. The number of likely N-dealkylation sites (tertiary alicyclic amines) is 1. The lowest BCUT2D eigenvalue weighted by Crippen LogP contribution is -2.50. The van der Waals surface area contributed by atoms with Gasteiger partial charge in [-0.15, -0.1) is 11.8 Å². The number of hydrogen-bond acceptors (Lipinski definition) is 3. The molecule has 0 bridgehead atoms. The minimum absolute atomic E-state index is 0.158. The molecular formula is C22H30N2O2S. The molecule has 0 N–H and O–H groups in total. The molecule has 2 aliphatic heterocycles. The predicted octanol–water partition coefficient (Wildman–Crippen LogP) is 3.87. The van der Waals surface area contributed by atoms with Gasteiger partial charge in [-0.25, -0.2) is 0 Å². The van der Waals surface area contributed by atoms with Gasteiger partial charge in [0.25, 0.3) is 0 Å². The molecule has 0 radical (unpaired) electrons. The van der Waals surface area contributed by atoms with Crippen molar-refractivity contribution in [3.05, 3.63) is 35.9 Å². The lowest BCUT2D eigenvalue weighted by Gasteiger charge is -2.30. The van der Waals surface area contributed by atoms with Gasteiger partial charge in [0.05, 0.1) is 5.88 Å². The predicted molar refractivity (Wildman–Crippen MR) is 110 cm³/mol. The lowest BCUT2D eigenvalue weighted by molar-refractivity contribution is -0.145. The van der Waals surface area contributed by atoms with Gasteiger partial charge in [0, 0.05) is 24.8 Å². The Bertz CT molecular complexity index is 660. The summed E-state index contributed by atoms with van der Waals surface area (Å²) in [5.74, 6) is 2.55. The van der Waals surface area contributed by atoms with Crippen molar-refractivity contribution < 1.29 is 9.59 Å². The van der Waals surface area contributed by atoms with Gasteiger partial charge in [0.2, 0.25) is 11.8 Å². The van der Waals surface area contributed by atoms with Crippen molar-refractivity contribution in [1.82, 2.24) is 9.80 Å². The van der Waals surface area contributed by atoms with Gasteiger partial charge in [-0.05, 0) is 43.6 Å². The van der Waals surface area contributed by atoms with E-state index in [1.54, 1.807) is 11.8 Å². The smallest absolute Gasteiger partial charge is 0.246 e. The molecule has 4 nitrogen and oxygen atoms in total. The zero-order valence-corrected chi connectivity index (χ0v) is 16.8. The van der Waals surface area contributed by atoms with Crippen molar-refractivity contribution in [3.8, 4) is 0 Å². The Labute approximate surface area is 166 Å². The lowest BCUT2D eigenvalue weighted by atomic mass is 9.92. The van der Waals surface area contributed by atoms with Crippen LogP contribution in [0.2, 0.25) is 0 Å². The van der Waals surface area contributed by atoms with Crippen LogP contribution in [0.4, 0.5) is 0 Å². The molecule has 5 heteroatoms. The number of rotatable bonds is 3. The summed E-state index contributed by atoms with van der Waals surface area (Å²) in [4.78, 5) is 30.1. The third-order valence-corrected chi connectivity index (χ3v) is 7.48. The summed E-state index contributed by atoms with van der Waals surface area (Å²) < 4.78 is 0. The minimum atomic E-state index is -0.239. The van der Waals surface area contributed by atoms with E-state index in [9.17, 15) is 9.59 Å². The highest BCUT2D eigenvalue weighted by Gasteiger charge is 2.40. The first kappa shape index (κ1) is 18.9. The standard InChI is InChI=1S/C22H30N2O2S/c25-21(19-9-4-5-10-19)24-16-27-15-20(24)22(26)23-13-6-11-18(12-14-23)17-7-2-1-3-8-17/h1-3,7-8,18-20H,4-6,9-16H2. The highest BCUT2D eigenvalue weighted by Crippen LogP contribution is 2.32. The van der Waals surface area contributed by atoms with Crippen LogP contribution in [0.5, 0.6) is 0 Å². The van der Waals surface area contributed by atoms with Crippen LogP contribution in [0, 0.1) is 5.92 Å². The number of benzene rings is 1. The van der Waals surface area contributed by atoms with Gasteiger partial charge in [-0.3, -0.25) is 9.59 Å². The summed E-state index contributed by atoms with van der Waals surface area (Å²) >= 11 is 1.73. The summed E-state index contributed by atoms with van der Waals surface area (Å²) in [5, 5.41) is 0. The van der Waals surface area contributed by atoms with Gasteiger partial charge in [0.1, 0.15) is 6.04 Å². The Balaban J connectivity index is 1.39. The second-order valence-corrected chi connectivity index (χ2v) is 9.17. The van der Waals surface area contributed by atoms with E-state index in [-0.39, 0.29) is 23.8 Å². The molecule has 1 aliphatic carbocycles. The van der Waals surface area contributed by atoms with Crippen molar-refractivity contribution in [2.45, 2.75) is 56.9 Å². The van der Waals surface area contributed by atoms with E-state index in [2.05, 4.69) is 30.3 Å². The molecule has 0 aromatic heterocycles. The maximum atomic E-state index is 13.2. The first-order valence-corrected chi connectivity index (χ1v) is 11.6. The first-order valence-electron chi connectivity index (χ1n) is 10.5. The van der Waals surface area contributed by atoms with Crippen molar-refractivity contribution in [3.63, 3.8) is 0 Å². The summed E-state index contributed by atoms with van der Waals surface area (Å²) in [6.07, 6.45) is 7.52. The first-order chi connectivity index (χ1) is 13.2. The van der Waals surface area contributed by atoms with Crippen LogP contribution in [0.3, 0.4) is 0 Å². The number of carbonyl (C=O) groups excluding carboxylic acids is 2. The molecule has 2 atom stereocenters. The van der Waals surface area contributed by atoms with Crippen LogP contribution in [0.25, 0.3) is 0 Å². The topological polar surface area (TPSA) is 40.6 Å². The van der Waals surface area contributed by atoms with Gasteiger partial charge in [0.15, 0.2) is 0 Å². The summed E-state index contributed by atoms with van der Waals surface area (Å²) in [6.45, 7) is 1.64. The van der Waals surface area contributed by atoms with Crippen LogP contribution in [0.1, 0.15) is 56.4 Å². The van der Waals surface area contributed by atoms with E-state index in [1.165, 1.54) is 5.56 Å². The molecule has 1 aromatic carbocycles. The van der Waals surface area contributed by atoms with E-state index in [0.29, 0.717) is 11.8 Å². The summed E-state index contributed by atoms with van der Waals surface area (Å²) in [6, 6.07) is 10.4. The molecule has 0 spiro atoms. The van der Waals surface area contributed by atoms with Crippen LogP contribution >= 0.6 is 11.8 Å². The fourth-order valence-corrected chi connectivity index (χ4v) is 6.01. The average Bonchev–Trinajstić information content (AvgIpc) is 3.35. The minimum Gasteiger partial charge on any atom is -0.341 e. The molecule has 1 aromatic rings. The van der Waals surface area contributed by atoms with Gasteiger partial charge in [-0.1, -0.05) is 43.2 Å². The molecule has 27 heavy (non-hydrogen) atoms. The number of carbonyl (C=O) groups is 2. The van der Waals surface area contributed by atoms with Crippen molar-refractivity contribution >= 4 is 23.6 Å². The van der Waals surface area contributed by atoms with Gasteiger partial charge in [-0.2, -0.15) is 0 Å². The normalized spacial score (nSPS) is 27.0. The quantitative estimate of drug-likeness (QED) is 0.792. The third kappa shape index (κ3) is 4.18. The number of hydrogen-bond donors (Lipinski definition) is 0. The third-order valence-electron chi connectivity index (χ3n) is 6.47. The Morgan fingerprint density at radius 1 is 0.889 bits per heavy atom. The second-order valence-electron chi connectivity index (χ2n) is 8.17. The Kier molecular flexibility index (Phi) is 6.06. The van der Waals surface area contributed by atoms with Crippen LogP contribution in [0.15, 0.2) is 30.3 Å². The maximum Gasteiger partial charge on any atom is 0.246 e. The molecule has 1 saturated carbocycles. The number of amides is 2. The largest absolute Gasteiger partial charge is 0.341 e. The highest BCUT2D eigenvalue weighted by atomic mass is 32.2. The molecule has 2 amide bonds. The van der Waals surface area contributed by atoms with Crippen LogP contribution in [-0.4, -0.2) is 52.4 Å². The van der Waals surface area contributed by atoms with E-state index in [1.807, 2.05) is 9.80 Å². The molecule has 2 saturated heterocycles. The van der Waals surface area contributed by atoms with Gasteiger partial charge >= 0.3 is 0 Å². The zero-order chi connectivity index (χ0) is 18.6. The molecular weight excluding hydrogens is 356 g/mol. The maximum absolute atomic E-state index is 13.2. The van der Waals surface area contributed by atoms with Gasteiger partial charge < -0.3 is 9.80 Å². The zero-order valence-electron chi connectivity index (χ0n) is 16.0. The Morgan fingerprint density at radius 3 is 2.44 bits per heavy atom. The molecule has 146 valence electrons. The fraction of sp³-hybridized carbons (Fsp3) is 0.636. The van der Waals surface area contributed by atoms with E-state index in [4.69, 9.17) is 0 Å².